The maximum Gasteiger partial charge on any atom is 0.330 e. The van der Waals surface area contributed by atoms with Crippen LogP contribution in [0.25, 0.3) is 0 Å². The molecule has 21 heavy (non-hydrogen) atoms. The van der Waals surface area contributed by atoms with Crippen molar-refractivity contribution in [1.82, 2.24) is 0 Å². The number of hydrogen-bond acceptors (Lipinski definition) is 4. The predicted molar refractivity (Wildman–Crippen MR) is 83.5 cm³/mol. The average Bonchev–Trinajstić information content (AvgIpc) is 2.55. The minimum absolute atomic E-state index is 0.311. The molecule has 2 rings (SSSR count). The van der Waals surface area contributed by atoms with Gasteiger partial charge in [-0.1, -0.05) is 30.3 Å². The van der Waals surface area contributed by atoms with Crippen molar-refractivity contribution in [2.24, 2.45) is 5.92 Å². The molecule has 0 spiro atoms. The van der Waals surface area contributed by atoms with Gasteiger partial charge in [-0.05, 0) is 37.2 Å². The van der Waals surface area contributed by atoms with Gasteiger partial charge in [-0.25, -0.2) is 0 Å². The number of hydrogen-bond donors (Lipinski definition) is 0. The van der Waals surface area contributed by atoms with E-state index in [0.29, 0.717) is 24.8 Å². The molecular weight excluding hydrogens is 287 g/mol. The van der Waals surface area contributed by atoms with E-state index in [1.54, 1.807) is 0 Å². The van der Waals surface area contributed by atoms with Gasteiger partial charge in [-0.15, -0.1) is 0 Å². The average molecular weight is 312 g/mol. The van der Waals surface area contributed by atoms with Gasteiger partial charge in [0, 0.05) is 14.2 Å². The largest absolute Gasteiger partial charge is 0.374 e. The maximum atomic E-state index is 12.1. The molecule has 5 heteroatoms. The SMILES string of the molecule is COP(=O)(C[C@H]1CC[C@@H](OCc2ccccc2)CC1)OC. The Hall–Kier alpha value is -0.670. The van der Waals surface area contributed by atoms with Crippen molar-refractivity contribution in [3.63, 3.8) is 0 Å². The summed E-state index contributed by atoms with van der Waals surface area (Å²) in [6.07, 6.45) is 4.92. The molecule has 0 aliphatic heterocycles. The predicted octanol–water partition coefficient (Wildman–Crippen LogP) is 4.25. The van der Waals surface area contributed by atoms with E-state index in [1.165, 1.54) is 19.8 Å². The highest BCUT2D eigenvalue weighted by atomic mass is 31.2. The summed E-state index contributed by atoms with van der Waals surface area (Å²) in [4.78, 5) is 0. The lowest BCUT2D eigenvalue weighted by molar-refractivity contribution is 0.00857. The van der Waals surface area contributed by atoms with Gasteiger partial charge < -0.3 is 13.8 Å². The van der Waals surface area contributed by atoms with Crippen LogP contribution in [-0.2, 0) is 25.0 Å². The summed E-state index contributed by atoms with van der Waals surface area (Å²) in [5.41, 5.74) is 1.21. The second kappa shape index (κ2) is 8.09. The van der Waals surface area contributed by atoms with Gasteiger partial charge in [0.2, 0.25) is 0 Å². The molecule has 1 fully saturated rings. The molecule has 1 saturated carbocycles. The minimum Gasteiger partial charge on any atom is -0.374 e. The molecular formula is C16H25O4P. The Morgan fingerprint density at radius 3 is 2.24 bits per heavy atom. The van der Waals surface area contributed by atoms with Gasteiger partial charge in [0.05, 0.1) is 18.9 Å². The Morgan fingerprint density at radius 1 is 1.05 bits per heavy atom. The van der Waals surface area contributed by atoms with Crippen LogP contribution < -0.4 is 0 Å². The molecule has 1 aliphatic rings. The molecule has 1 aliphatic carbocycles. The molecule has 0 N–H and O–H groups in total. The zero-order valence-electron chi connectivity index (χ0n) is 12.9. The van der Waals surface area contributed by atoms with Gasteiger partial charge in [-0.2, -0.15) is 0 Å². The Labute approximate surface area is 127 Å². The van der Waals surface area contributed by atoms with Crippen molar-refractivity contribution in [2.75, 3.05) is 20.4 Å². The molecule has 0 radical (unpaired) electrons. The molecule has 0 unspecified atom stereocenters. The lowest BCUT2D eigenvalue weighted by Crippen LogP contribution is -2.23. The monoisotopic (exact) mass is 312 g/mol. The van der Waals surface area contributed by atoms with E-state index in [2.05, 4.69) is 12.1 Å². The Morgan fingerprint density at radius 2 is 1.67 bits per heavy atom. The van der Waals surface area contributed by atoms with Crippen LogP contribution in [-0.4, -0.2) is 26.5 Å². The van der Waals surface area contributed by atoms with Gasteiger partial charge in [-0.3, -0.25) is 4.57 Å². The first-order chi connectivity index (χ1) is 10.1. The van der Waals surface area contributed by atoms with Crippen molar-refractivity contribution in [2.45, 2.75) is 38.4 Å². The van der Waals surface area contributed by atoms with Crippen LogP contribution in [0.2, 0.25) is 0 Å². The summed E-state index contributed by atoms with van der Waals surface area (Å²) in [5.74, 6) is 0.410. The number of ether oxygens (including phenoxy) is 1. The summed E-state index contributed by atoms with van der Waals surface area (Å²) in [6.45, 7) is 0.671. The van der Waals surface area contributed by atoms with Crippen LogP contribution in [0.5, 0.6) is 0 Å². The first-order valence-corrected chi connectivity index (χ1v) is 9.24. The highest BCUT2D eigenvalue weighted by Crippen LogP contribution is 2.50. The van der Waals surface area contributed by atoms with Crippen LogP contribution in [0.1, 0.15) is 31.2 Å². The first-order valence-electron chi connectivity index (χ1n) is 7.51. The summed E-state index contributed by atoms with van der Waals surface area (Å²) < 4.78 is 28.2. The van der Waals surface area contributed by atoms with E-state index in [4.69, 9.17) is 13.8 Å². The van der Waals surface area contributed by atoms with Crippen molar-refractivity contribution in [1.29, 1.82) is 0 Å². The molecule has 1 aromatic rings. The standard InChI is InChI=1S/C16H25O4P/c1-18-21(17,19-2)13-15-8-10-16(11-9-15)20-12-14-6-4-3-5-7-14/h3-7,15-16H,8-13H2,1-2H3/t15-,16+. The third kappa shape index (κ3) is 5.23. The maximum absolute atomic E-state index is 12.1. The third-order valence-electron chi connectivity index (χ3n) is 4.16. The zero-order valence-corrected chi connectivity index (χ0v) is 13.8. The van der Waals surface area contributed by atoms with Crippen molar-refractivity contribution in [3.8, 4) is 0 Å². The molecule has 0 saturated heterocycles. The third-order valence-corrected chi connectivity index (χ3v) is 6.24. The normalized spacial score (nSPS) is 23.1. The molecule has 118 valence electrons. The fourth-order valence-corrected chi connectivity index (χ4v) is 4.25. The second-order valence-corrected chi connectivity index (χ2v) is 7.92. The molecule has 0 aromatic heterocycles. The lowest BCUT2D eigenvalue weighted by Gasteiger charge is -2.29. The topological polar surface area (TPSA) is 44.8 Å². The lowest BCUT2D eigenvalue weighted by atomic mass is 9.89. The van der Waals surface area contributed by atoms with Crippen LogP contribution >= 0.6 is 7.60 Å². The molecule has 1 aromatic carbocycles. The van der Waals surface area contributed by atoms with Gasteiger partial charge in [0.25, 0.3) is 0 Å². The van der Waals surface area contributed by atoms with E-state index in [-0.39, 0.29) is 0 Å². The van der Waals surface area contributed by atoms with E-state index in [0.717, 1.165) is 25.7 Å². The molecule has 0 heterocycles. The molecule has 0 amide bonds. The number of benzene rings is 1. The summed E-state index contributed by atoms with van der Waals surface area (Å²) in [5, 5.41) is 0. The van der Waals surface area contributed by atoms with Crippen molar-refractivity contribution >= 4 is 7.60 Å². The quantitative estimate of drug-likeness (QED) is 0.706. The fraction of sp³-hybridized carbons (Fsp3) is 0.625. The van der Waals surface area contributed by atoms with Gasteiger partial charge in [0.1, 0.15) is 0 Å². The van der Waals surface area contributed by atoms with E-state index < -0.39 is 7.60 Å². The van der Waals surface area contributed by atoms with Crippen molar-refractivity contribution < 1.29 is 18.3 Å². The van der Waals surface area contributed by atoms with Crippen LogP contribution in [0.4, 0.5) is 0 Å². The first kappa shape index (κ1) is 16.7. The summed E-state index contributed by atoms with van der Waals surface area (Å²) in [6, 6.07) is 10.2. The Kier molecular flexibility index (Phi) is 6.43. The van der Waals surface area contributed by atoms with Crippen LogP contribution in [0, 0.1) is 5.92 Å². The smallest absolute Gasteiger partial charge is 0.330 e. The number of rotatable bonds is 7. The Bertz CT molecular complexity index is 447. The molecule has 4 nitrogen and oxygen atoms in total. The van der Waals surface area contributed by atoms with Crippen molar-refractivity contribution in [3.05, 3.63) is 35.9 Å². The van der Waals surface area contributed by atoms with E-state index in [9.17, 15) is 4.57 Å². The highest BCUT2D eigenvalue weighted by molar-refractivity contribution is 7.53. The molecule has 0 atom stereocenters. The summed E-state index contributed by atoms with van der Waals surface area (Å²) >= 11 is 0. The van der Waals surface area contributed by atoms with Gasteiger partial charge >= 0.3 is 7.60 Å². The van der Waals surface area contributed by atoms with Crippen LogP contribution in [0.3, 0.4) is 0 Å². The minimum atomic E-state index is -2.87. The van der Waals surface area contributed by atoms with E-state index in [1.807, 2.05) is 18.2 Å². The molecule has 0 bridgehead atoms. The van der Waals surface area contributed by atoms with E-state index >= 15 is 0 Å². The zero-order chi connectivity index (χ0) is 15.1. The Balaban J connectivity index is 1.72. The fourth-order valence-electron chi connectivity index (χ4n) is 2.81. The highest BCUT2D eigenvalue weighted by Gasteiger charge is 2.30. The van der Waals surface area contributed by atoms with Gasteiger partial charge in [0.15, 0.2) is 0 Å². The van der Waals surface area contributed by atoms with Crippen LogP contribution in [0.15, 0.2) is 30.3 Å². The summed E-state index contributed by atoms with van der Waals surface area (Å²) in [7, 11) is 0.0411. The second-order valence-electron chi connectivity index (χ2n) is 5.60.